The topological polar surface area (TPSA) is 0 Å². The van der Waals surface area contributed by atoms with Gasteiger partial charge in [-0.2, -0.15) is 0 Å². The van der Waals surface area contributed by atoms with Gasteiger partial charge in [0.15, 0.2) is 0 Å². The van der Waals surface area contributed by atoms with Crippen LogP contribution in [-0.2, 0) is 0 Å². The van der Waals surface area contributed by atoms with Crippen LogP contribution in [0.3, 0.4) is 0 Å². The monoisotopic (exact) mass is 108 g/mol. The molecule has 0 spiro atoms. The van der Waals surface area contributed by atoms with E-state index in [1.807, 2.05) is 0 Å². The van der Waals surface area contributed by atoms with Crippen LogP contribution in [0.4, 0.5) is 13.0 Å². The summed E-state index contributed by atoms with van der Waals surface area (Å²) in [6.07, 6.45) is 0.782. The molecule has 0 N–H and O–H groups in total. The van der Waals surface area contributed by atoms with E-state index in [1.165, 1.54) is 0 Å². The van der Waals surface area contributed by atoms with Crippen molar-refractivity contribution in [3.8, 4) is 0 Å². The number of rotatable bonds is 2. The molecule has 40 valence electrons. The Morgan fingerprint density at radius 3 is 2.14 bits per heavy atom. The lowest BCUT2D eigenvalue weighted by Crippen LogP contribution is -1.87. The molecule has 0 unspecified atom stereocenters. The highest BCUT2D eigenvalue weighted by molar-refractivity contribution is 6.49. The molecule has 0 aromatic carbocycles. The minimum absolute atomic E-state index is 0.514. The lowest BCUT2D eigenvalue weighted by molar-refractivity contribution is 0.561. The molecular formula is C3H4BF3. The number of hydrogen-bond donors (Lipinski definition) is 0. The van der Waals surface area contributed by atoms with Gasteiger partial charge >= 0.3 is 7.27 Å². The van der Waals surface area contributed by atoms with Crippen molar-refractivity contribution >= 4 is 7.27 Å². The van der Waals surface area contributed by atoms with Gasteiger partial charge < -0.3 is 0 Å². The largest absolute Gasteiger partial charge is 0.564 e. The Morgan fingerprint density at radius 1 is 1.43 bits per heavy atom. The molecule has 0 saturated carbocycles. The summed E-state index contributed by atoms with van der Waals surface area (Å²) in [5.74, 6) is 0.514. The summed E-state index contributed by atoms with van der Waals surface area (Å²) in [4.78, 5) is 0. The Hall–Kier alpha value is -0.405. The van der Waals surface area contributed by atoms with Crippen molar-refractivity contribution in [3.05, 3.63) is 12.1 Å². The van der Waals surface area contributed by atoms with E-state index >= 15 is 0 Å². The maximum absolute atomic E-state index is 11.0. The molecule has 0 amide bonds. The summed E-state index contributed by atoms with van der Waals surface area (Å²) < 4.78 is 32.9. The third-order valence-corrected chi connectivity index (χ3v) is 0.371. The first-order valence-electron chi connectivity index (χ1n) is 1.78. The Bertz CT molecular complexity index is 61.2. The van der Waals surface area contributed by atoms with Crippen LogP contribution in [0.15, 0.2) is 12.1 Å². The summed E-state index contributed by atoms with van der Waals surface area (Å²) in [7, 11) is -2.52. The maximum Gasteiger partial charge on any atom is 0.564 e. The molecule has 0 bridgehead atoms. The molecule has 0 saturated heterocycles. The van der Waals surface area contributed by atoms with Crippen molar-refractivity contribution < 1.29 is 13.0 Å². The van der Waals surface area contributed by atoms with Gasteiger partial charge in [-0.15, -0.1) is 0 Å². The van der Waals surface area contributed by atoms with Crippen molar-refractivity contribution in [2.45, 2.75) is 0 Å². The van der Waals surface area contributed by atoms with E-state index in [9.17, 15) is 13.0 Å². The molecule has 0 heterocycles. The molecule has 0 aromatic rings. The third-order valence-electron chi connectivity index (χ3n) is 0.371. The second-order valence-electron chi connectivity index (χ2n) is 0.917. The van der Waals surface area contributed by atoms with Crippen molar-refractivity contribution in [1.82, 2.24) is 0 Å². The summed E-state index contributed by atoms with van der Waals surface area (Å²) in [5, 5.41) is 0. The van der Waals surface area contributed by atoms with E-state index in [2.05, 4.69) is 0 Å². The van der Waals surface area contributed by atoms with Crippen LogP contribution < -0.4 is 0 Å². The first kappa shape index (κ1) is 6.59. The molecule has 0 aliphatic rings. The van der Waals surface area contributed by atoms with Gasteiger partial charge in [0, 0.05) is 0 Å². The molecule has 4 heteroatoms. The summed E-state index contributed by atoms with van der Waals surface area (Å²) in [6, 6.07) is 0. The number of hydrogen-bond acceptors (Lipinski definition) is 0. The molecule has 0 fully saturated rings. The minimum atomic E-state index is -2.52. The molecule has 0 aliphatic heterocycles. The van der Waals surface area contributed by atoms with Gasteiger partial charge in [-0.25, -0.2) is 4.39 Å². The van der Waals surface area contributed by atoms with Gasteiger partial charge in [0.1, 0.15) is 6.67 Å². The van der Waals surface area contributed by atoms with Crippen LogP contribution in [-0.4, -0.2) is 13.9 Å². The molecule has 0 aromatic heterocycles. The van der Waals surface area contributed by atoms with Crippen molar-refractivity contribution in [3.63, 3.8) is 0 Å². The zero-order valence-corrected chi connectivity index (χ0v) is 3.57. The summed E-state index contributed by atoms with van der Waals surface area (Å²) in [5.41, 5.74) is 0. The second kappa shape index (κ2) is 3.77. The van der Waals surface area contributed by atoms with E-state index in [1.54, 1.807) is 0 Å². The predicted octanol–water partition coefficient (Wildman–Crippen LogP) is 1.48. The summed E-state index contributed by atoms with van der Waals surface area (Å²) in [6.45, 7) is -0.815. The first-order chi connectivity index (χ1) is 3.27. The van der Waals surface area contributed by atoms with Crippen molar-refractivity contribution in [2.24, 2.45) is 0 Å². The number of halogens is 3. The zero-order valence-electron chi connectivity index (χ0n) is 3.57. The van der Waals surface area contributed by atoms with Crippen molar-refractivity contribution in [1.29, 1.82) is 0 Å². The van der Waals surface area contributed by atoms with Crippen LogP contribution in [0.2, 0.25) is 0 Å². The average molecular weight is 108 g/mol. The highest BCUT2D eigenvalue weighted by atomic mass is 19.2. The van der Waals surface area contributed by atoms with Crippen LogP contribution in [0.5, 0.6) is 0 Å². The molecule has 0 nitrogen and oxygen atoms in total. The highest BCUT2D eigenvalue weighted by Crippen LogP contribution is 1.86. The van der Waals surface area contributed by atoms with Crippen LogP contribution in [0.1, 0.15) is 0 Å². The fourth-order valence-electron chi connectivity index (χ4n) is 0.154. The van der Waals surface area contributed by atoms with Crippen molar-refractivity contribution in [2.75, 3.05) is 6.67 Å². The molecule has 0 atom stereocenters. The smallest absolute Gasteiger partial charge is 0.282 e. The van der Waals surface area contributed by atoms with Gasteiger partial charge in [-0.3, -0.25) is 8.63 Å². The first-order valence-corrected chi connectivity index (χ1v) is 1.78. The maximum atomic E-state index is 11.0. The van der Waals surface area contributed by atoms with E-state index in [0.717, 1.165) is 6.08 Å². The fourth-order valence-corrected chi connectivity index (χ4v) is 0.154. The van der Waals surface area contributed by atoms with Gasteiger partial charge in [0.2, 0.25) is 0 Å². The van der Waals surface area contributed by atoms with E-state index in [0.29, 0.717) is 5.98 Å². The molecule has 0 rings (SSSR count). The molecule has 0 aliphatic carbocycles. The second-order valence-corrected chi connectivity index (χ2v) is 0.917. The Kier molecular flexibility index (Phi) is 3.56. The average Bonchev–Trinajstić information content (AvgIpc) is 1.61. The fraction of sp³-hybridized carbons (Fsp3) is 0.333. The lowest BCUT2D eigenvalue weighted by atomic mass is 10.00. The lowest BCUT2D eigenvalue weighted by Gasteiger charge is -1.74. The van der Waals surface area contributed by atoms with Gasteiger partial charge in [-0.05, 0) is 5.98 Å². The van der Waals surface area contributed by atoms with Crippen LogP contribution in [0, 0.1) is 0 Å². The van der Waals surface area contributed by atoms with Gasteiger partial charge in [-0.1, -0.05) is 6.08 Å². The zero-order chi connectivity index (χ0) is 5.70. The highest BCUT2D eigenvalue weighted by Gasteiger charge is 2.02. The van der Waals surface area contributed by atoms with Gasteiger partial charge in [0.05, 0.1) is 0 Å². The predicted molar refractivity (Wildman–Crippen MR) is 23.1 cm³/mol. The number of allylic oxidation sites excluding steroid dienone is 1. The van der Waals surface area contributed by atoms with Crippen LogP contribution >= 0.6 is 0 Å². The molecule has 7 heavy (non-hydrogen) atoms. The SMILES string of the molecule is FC/C=C/B(F)F. The Balaban J connectivity index is 3.08. The summed E-state index contributed by atoms with van der Waals surface area (Å²) >= 11 is 0. The number of alkyl halides is 1. The Morgan fingerprint density at radius 2 is 2.00 bits per heavy atom. The third kappa shape index (κ3) is 5.59. The van der Waals surface area contributed by atoms with E-state index < -0.39 is 13.9 Å². The van der Waals surface area contributed by atoms with Gasteiger partial charge in [0.25, 0.3) is 0 Å². The van der Waals surface area contributed by atoms with Crippen LogP contribution in [0.25, 0.3) is 0 Å². The van der Waals surface area contributed by atoms with E-state index in [-0.39, 0.29) is 0 Å². The quantitative estimate of drug-likeness (QED) is 0.470. The van der Waals surface area contributed by atoms with E-state index in [4.69, 9.17) is 0 Å². The Labute approximate surface area is 40.2 Å². The normalized spacial score (nSPS) is 10.1. The molecular weight excluding hydrogens is 104 g/mol. The molecule has 0 radical (unpaired) electrons. The standard InChI is InChI=1S/C3H4BF3/c5-3-1-2-4(6)7/h1-2H,3H2/b2-1+. The minimum Gasteiger partial charge on any atom is -0.282 e.